The lowest BCUT2D eigenvalue weighted by molar-refractivity contribution is -0.145. The average molecular weight is 265 g/mol. The molecule has 0 spiro atoms. The van der Waals surface area contributed by atoms with Gasteiger partial charge in [-0.25, -0.2) is 0 Å². The van der Waals surface area contributed by atoms with Crippen molar-refractivity contribution >= 4 is 11.9 Å². The van der Waals surface area contributed by atoms with Gasteiger partial charge in [-0.3, -0.25) is 14.7 Å². The number of esters is 1. The first-order chi connectivity index (χ1) is 9.02. The minimum absolute atomic E-state index is 0.0407. The highest BCUT2D eigenvalue weighted by Gasteiger charge is 2.31. The van der Waals surface area contributed by atoms with Gasteiger partial charge in [0.1, 0.15) is 0 Å². The Balaban J connectivity index is 1.97. The van der Waals surface area contributed by atoms with E-state index in [0.29, 0.717) is 25.9 Å². The third kappa shape index (κ3) is 2.77. The van der Waals surface area contributed by atoms with Crippen LogP contribution in [0.1, 0.15) is 23.4 Å². The molecule has 1 saturated heterocycles. The molecule has 6 nitrogen and oxygen atoms in total. The van der Waals surface area contributed by atoms with Gasteiger partial charge >= 0.3 is 5.97 Å². The molecule has 0 bridgehead atoms. The Bertz CT molecular complexity index is 476. The number of carbonyl (C=O) groups is 2. The Morgan fingerprint density at radius 3 is 2.79 bits per heavy atom. The van der Waals surface area contributed by atoms with Crippen molar-refractivity contribution in [3.8, 4) is 0 Å². The van der Waals surface area contributed by atoms with Gasteiger partial charge < -0.3 is 9.64 Å². The standard InChI is InChI=1S/C13H19N3O3/c1-8-11(9(2)15-14-8)6-12(17)16-5-4-10(7-16)13(18)19-3/h10H,4-7H2,1-3H3,(H,14,15). The van der Waals surface area contributed by atoms with Crippen molar-refractivity contribution < 1.29 is 14.3 Å². The van der Waals surface area contributed by atoms with Crippen LogP contribution in [0.2, 0.25) is 0 Å². The number of methoxy groups -OCH3 is 1. The zero-order chi connectivity index (χ0) is 14.0. The van der Waals surface area contributed by atoms with E-state index >= 15 is 0 Å². The average Bonchev–Trinajstić information content (AvgIpc) is 3.00. The van der Waals surface area contributed by atoms with Crippen LogP contribution in [0.4, 0.5) is 0 Å². The van der Waals surface area contributed by atoms with Crippen molar-refractivity contribution in [2.45, 2.75) is 26.7 Å². The summed E-state index contributed by atoms with van der Waals surface area (Å²) in [7, 11) is 1.38. The lowest BCUT2D eigenvalue weighted by atomic mass is 10.1. The number of amides is 1. The van der Waals surface area contributed by atoms with E-state index < -0.39 is 0 Å². The Labute approximate surface area is 112 Å². The molecule has 104 valence electrons. The number of hydrogen-bond acceptors (Lipinski definition) is 4. The van der Waals surface area contributed by atoms with E-state index in [0.717, 1.165) is 17.0 Å². The van der Waals surface area contributed by atoms with Crippen molar-refractivity contribution in [2.75, 3.05) is 20.2 Å². The van der Waals surface area contributed by atoms with Crippen LogP contribution in [0.3, 0.4) is 0 Å². The van der Waals surface area contributed by atoms with E-state index in [9.17, 15) is 9.59 Å². The molecule has 2 heterocycles. The molecular formula is C13H19N3O3. The van der Waals surface area contributed by atoms with E-state index in [1.165, 1.54) is 7.11 Å². The number of H-pyrrole nitrogens is 1. The van der Waals surface area contributed by atoms with Gasteiger partial charge in [0.15, 0.2) is 0 Å². The predicted molar refractivity (Wildman–Crippen MR) is 68.5 cm³/mol. The minimum atomic E-state index is -0.231. The maximum atomic E-state index is 12.2. The Hall–Kier alpha value is -1.85. The topological polar surface area (TPSA) is 75.3 Å². The lowest BCUT2D eigenvalue weighted by Gasteiger charge is -2.16. The van der Waals surface area contributed by atoms with Gasteiger partial charge in [0, 0.05) is 24.3 Å². The number of ether oxygens (including phenoxy) is 1. The molecule has 0 saturated carbocycles. The number of hydrogen-bond donors (Lipinski definition) is 1. The molecule has 2 rings (SSSR count). The first-order valence-electron chi connectivity index (χ1n) is 6.39. The molecule has 1 atom stereocenters. The van der Waals surface area contributed by atoms with Gasteiger partial charge in [-0.2, -0.15) is 5.10 Å². The summed E-state index contributed by atoms with van der Waals surface area (Å²) in [5.41, 5.74) is 2.73. The van der Waals surface area contributed by atoms with Crippen LogP contribution in [-0.2, 0) is 20.7 Å². The largest absolute Gasteiger partial charge is 0.469 e. The summed E-state index contributed by atoms with van der Waals surface area (Å²) >= 11 is 0. The molecule has 6 heteroatoms. The van der Waals surface area contributed by atoms with E-state index in [1.54, 1.807) is 4.90 Å². The molecular weight excluding hydrogens is 246 g/mol. The molecule has 0 radical (unpaired) electrons. The number of aromatic amines is 1. The van der Waals surface area contributed by atoms with Gasteiger partial charge in [0.25, 0.3) is 0 Å². The van der Waals surface area contributed by atoms with Crippen molar-refractivity contribution in [2.24, 2.45) is 5.92 Å². The molecule has 19 heavy (non-hydrogen) atoms. The molecule has 1 aromatic rings. The maximum absolute atomic E-state index is 12.2. The van der Waals surface area contributed by atoms with Gasteiger partial charge in [-0.05, 0) is 20.3 Å². The summed E-state index contributed by atoms with van der Waals surface area (Å²) in [6.45, 7) is 4.87. The molecule has 0 aliphatic carbocycles. The van der Waals surface area contributed by atoms with Crippen molar-refractivity contribution in [3.05, 3.63) is 17.0 Å². The van der Waals surface area contributed by atoms with Crippen molar-refractivity contribution in [1.29, 1.82) is 0 Å². The summed E-state index contributed by atoms with van der Waals surface area (Å²) in [6.07, 6.45) is 1.02. The number of carbonyl (C=O) groups excluding carboxylic acids is 2. The zero-order valence-electron chi connectivity index (χ0n) is 11.5. The van der Waals surface area contributed by atoms with Crippen molar-refractivity contribution in [1.82, 2.24) is 15.1 Å². The molecule has 0 aromatic carbocycles. The number of nitrogens with zero attached hydrogens (tertiary/aromatic N) is 2. The molecule has 1 unspecified atom stereocenters. The number of aryl methyl sites for hydroxylation is 2. The van der Waals surface area contributed by atoms with Gasteiger partial charge in [-0.1, -0.05) is 0 Å². The molecule has 1 aromatic heterocycles. The molecule has 1 fully saturated rings. The first-order valence-corrected chi connectivity index (χ1v) is 6.39. The Morgan fingerprint density at radius 2 is 2.21 bits per heavy atom. The highest BCUT2D eigenvalue weighted by molar-refractivity contribution is 5.81. The number of nitrogens with one attached hydrogen (secondary N) is 1. The second-order valence-corrected chi connectivity index (χ2v) is 4.94. The highest BCUT2D eigenvalue weighted by Crippen LogP contribution is 2.19. The summed E-state index contributed by atoms with van der Waals surface area (Å²) < 4.78 is 4.71. The lowest BCUT2D eigenvalue weighted by Crippen LogP contribution is -2.31. The van der Waals surface area contributed by atoms with Crippen molar-refractivity contribution in [3.63, 3.8) is 0 Å². The molecule has 1 N–H and O–H groups in total. The fraction of sp³-hybridized carbons (Fsp3) is 0.615. The van der Waals surface area contributed by atoms with Gasteiger partial charge in [0.2, 0.25) is 5.91 Å². The quantitative estimate of drug-likeness (QED) is 0.812. The van der Waals surface area contributed by atoms with Crippen LogP contribution in [0.25, 0.3) is 0 Å². The van der Waals surface area contributed by atoms with Crippen LogP contribution in [0.15, 0.2) is 0 Å². The fourth-order valence-corrected chi connectivity index (χ4v) is 2.44. The number of likely N-dealkylation sites (tertiary alicyclic amines) is 1. The third-order valence-corrected chi connectivity index (χ3v) is 3.68. The second kappa shape index (κ2) is 5.42. The molecule has 1 amide bonds. The Kier molecular flexibility index (Phi) is 3.87. The second-order valence-electron chi connectivity index (χ2n) is 4.94. The highest BCUT2D eigenvalue weighted by atomic mass is 16.5. The van der Waals surface area contributed by atoms with Gasteiger partial charge in [0.05, 0.1) is 25.1 Å². The summed E-state index contributed by atoms with van der Waals surface area (Å²) in [6, 6.07) is 0. The van der Waals surface area contributed by atoms with Crippen LogP contribution in [0.5, 0.6) is 0 Å². The van der Waals surface area contributed by atoms with E-state index in [2.05, 4.69) is 10.2 Å². The third-order valence-electron chi connectivity index (χ3n) is 3.68. The normalized spacial score (nSPS) is 18.7. The van der Waals surface area contributed by atoms with Gasteiger partial charge in [-0.15, -0.1) is 0 Å². The van der Waals surface area contributed by atoms with E-state index in [4.69, 9.17) is 4.74 Å². The summed E-state index contributed by atoms with van der Waals surface area (Å²) in [5, 5.41) is 6.96. The van der Waals surface area contributed by atoms with E-state index in [-0.39, 0.29) is 17.8 Å². The van der Waals surface area contributed by atoms with Crippen LogP contribution in [0, 0.1) is 19.8 Å². The maximum Gasteiger partial charge on any atom is 0.310 e. The summed E-state index contributed by atoms with van der Waals surface area (Å²) in [5.74, 6) is -0.370. The van der Waals surface area contributed by atoms with E-state index in [1.807, 2.05) is 13.8 Å². The smallest absolute Gasteiger partial charge is 0.310 e. The molecule has 1 aliphatic heterocycles. The minimum Gasteiger partial charge on any atom is -0.469 e. The Morgan fingerprint density at radius 1 is 1.47 bits per heavy atom. The number of rotatable bonds is 3. The van der Waals surface area contributed by atoms with Crippen LogP contribution in [-0.4, -0.2) is 47.2 Å². The monoisotopic (exact) mass is 265 g/mol. The fourth-order valence-electron chi connectivity index (χ4n) is 2.44. The summed E-state index contributed by atoms with van der Waals surface area (Å²) in [4.78, 5) is 25.4. The predicted octanol–water partition coefficient (Wildman–Crippen LogP) is 0.591. The first kappa shape index (κ1) is 13.6. The van der Waals surface area contributed by atoms with Crippen LogP contribution < -0.4 is 0 Å². The zero-order valence-corrected chi connectivity index (χ0v) is 11.5. The molecule has 1 aliphatic rings. The SMILES string of the molecule is COC(=O)C1CCN(C(=O)Cc2c(C)n[nH]c2C)C1. The van der Waals surface area contributed by atoms with Crippen LogP contribution >= 0.6 is 0 Å². The number of aromatic nitrogens is 2.